The van der Waals surface area contributed by atoms with Crippen LogP contribution in [0.5, 0.6) is 0 Å². The van der Waals surface area contributed by atoms with E-state index in [9.17, 15) is 4.79 Å². The molecule has 0 unspecified atom stereocenters. The molecule has 3 rings (SSSR count). The van der Waals surface area contributed by atoms with Crippen LogP contribution in [0.25, 0.3) is 16.9 Å². The van der Waals surface area contributed by atoms with Crippen molar-refractivity contribution in [3.63, 3.8) is 0 Å². The second-order valence-electron chi connectivity index (χ2n) is 4.76. The SMILES string of the molecule is Cc1ccccc1-c1cc2nc(CC(=O)O)cc(Cl)n2n1. The van der Waals surface area contributed by atoms with Gasteiger partial charge in [0.25, 0.3) is 0 Å². The molecular weight excluding hydrogens is 290 g/mol. The molecule has 0 aliphatic heterocycles. The smallest absolute Gasteiger partial charge is 0.309 e. The van der Waals surface area contributed by atoms with Crippen LogP contribution in [0, 0.1) is 6.92 Å². The molecule has 0 amide bonds. The van der Waals surface area contributed by atoms with Crippen molar-refractivity contribution in [1.29, 1.82) is 0 Å². The normalized spacial score (nSPS) is 11.0. The number of aryl methyl sites for hydroxylation is 1. The van der Waals surface area contributed by atoms with Gasteiger partial charge in [0.2, 0.25) is 0 Å². The van der Waals surface area contributed by atoms with Crippen LogP contribution in [-0.4, -0.2) is 25.7 Å². The Labute approximate surface area is 125 Å². The fourth-order valence-corrected chi connectivity index (χ4v) is 2.47. The zero-order chi connectivity index (χ0) is 15.0. The third kappa shape index (κ3) is 2.60. The van der Waals surface area contributed by atoms with Gasteiger partial charge in [0, 0.05) is 11.6 Å². The van der Waals surface area contributed by atoms with Crippen molar-refractivity contribution in [3.05, 3.63) is 52.8 Å². The summed E-state index contributed by atoms with van der Waals surface area (Å²) in [5.41, 5.74) is 3.81. The van der Waals surface area contributed by atoms with E-state index in [1.54, 1.807) is 6.07 Å². The minimum absolute atomic E-state index is 0.166. The van der Waals surface area contributed by atoms with Crippen molar-refractivity contribution in [3.8, 4) is 11.3 Å². The van der Waals surface area contributed by atoms with Gasteiger partial charge in [0.15, 0.2) is 5.65 Å². The summed E-state index contributed by atoms with van der Waals surface area (Å²) in [6.07, 6.45) is -0.166. The van der Waals surface area contributed by atoms with Crippen molar-refractivity contribution < 1.29 is 9.90 Å². The maximum absolute atomic E-state index is 10.8. The highest BCUT2D eigenvalue weighted by Gasteiger charge is 2.12. The number of rotatable bonds is 3. The first kappa shape index (κ1) is 13.6. The van der Waals surface area contributed by atoms with Gasteiger partial charge in [-0.1, -0.05) is 35.9 Å². The molecule has 0 aliphatic rings. The van der Waals surface area contributed by atoms with E-state index >= 15 is 0 Å². The van der Waals surface area contributed by atoms with Crippen LogP contribution < -0.4 is 0 Å². The average molecular weight is 302 g/mol. The van der Waals surface area contributed by atoms with Crippen molar-refractivity contribution in [2.24, 2.45) is 0 Å². The van der Waals surface area contributed by atoms with Crippen molar-refractivity contribution in [2.75, 3.05) is 0 Å². The van der Waals surface area contributed by atoms with Crippen LogP contribution in [0.2, 0.25) is 5.15 Å². The Morgan fingerprint density at radius 3 is 2.81 bits per heavy atom. The minimum atomic E-state index is -0.943. The third-order valence-corrected chi connectivity index (χ3v) is 3.46. The van der Waals surface area contributed by atoms with Crippen LogP contribution in [0.4, 0.5) is 0 Å². The van der Waals surface area contributed by atoms with Crippen molar-refractivity contribution in [2.45, 2.75) is 13.3 Å². The Bertz CT molecular complexity index is 842. The number of carboxylic acid groups (broad SMARTS) is 1. The summed E-state index contributed by atoms with van der Waals surface area (Å²) in [5, 5.41) is 13.6. The summed E-state index contributed by atoms with van der Waals surface area (Å²) in [7, 11) is 0. The molecule has 5 nitrogen and oxygen atoms in total. The van der Waals surface area contributed by atoms with E-state index in [-0.39, 0.29) is 6.42 Å². The Morgan fingerprint density at radius 1 is 1.33 bits per heavy atom. The topological polar surface area (TPSA) is 67.5 Å². The third-order valence-electron chi connectivity index (χ3n) is 3.19. The van der Waals surface area contributed by atoms with Crippen molar-refractivity contribution >= 4 is 23.2 Å². The van der Waals surface area contributed by atoms with Gasteiger partial charge in [-0.3, -0.25) is 4.79 Å². The Kier molecular flexibility index (Phi) is 3.35. The largest absolute Gasteiger partial charge is 0.481 e. The standard InChI is InChI=1S/C15H12ClN3O2/c1-9-4-2-3-5-11(9)12-8-14-17-10(7-15(20)21)6-13(16)19(14)18-12/h2-6,8H,7H2,1H3,(H,20,21). The molecule has 1 aromatic carbocycles. The van der Waals surface area contributed by atoms with Crippen LogP contribution in [-0.2, 0) is 11.2 Å². The fourth-order valence-electron chi connectivity index (χ4n) is 2.22. The predicted octanol–water partition coefficient (Wildman–Crippen LogP) is 2.99. The first-order chi connectivity index (χ1) is 10.0. The van der Waals surface area contributed by atoms with Crippen LogP contribution in [0.15, 0.2) is 36.4 Å². The first-order valence-electron chi connectivity index (χ1n) is 6.37. The number of carboxylic acids is 1. The van der Waals surface area contributed by atoms with E-state index in [1.807, 2.05) is 31.2 Å². The molecule has 21 heavy (non-hydrogen) atoms. The minimum Gasteiger partial charge on any atom is -0.481 e. The predicted molar refractivity (Wildman–Crippen MR) is 79.5 cm³/mol. The zero-order valence-electron chi connectivity index (χ0n) is 11.2. The zero-order valence-corrected chi connectivity index (χ0v) is 12.0. The molecule has 1 N–H and O–H groups in total. The molecule has 2 heterocycles. The number of carbonyl (C=O) groups is 1. The molecule has 0 spiro atoms. The highest BCUT2D eigenvalue weighted by atomic mass is 35.5. The van der Waals surface area contributed by atoms with Gasteiger partial charge < -0.3 is 5.11 Å². The number of nitrogens with zero attached hydrogens (tertiary/aromatic N) is 3. The Balaban J connectivity index is 2.14. The van der Waals surface area contributed by atoms with Gasteiger partial charge >= 0.3 is 5.97 Å². The van der Waals surface area contributed by atoms with Crippen molar-refractivity contribution in [1.82, 2.24) is 14.6 Å². The lowest BCUT2D eigenvalue weighted by atomic mass is 10.1. The molecule has 3 aromatic rings. The first-order valence-corrected chi connectivity index (χ1v) is 6.75. The maximum Gasteiger partial charge on any atom is 0.309 e. The second kappa shape index (κ2) is 5.18. The summed E-state index contributed by atoms with van der Waals surface area (Å²) < 4.78 is 1.51. The quantitative estimate of drug-likeness (QED) is 0.755. The van der Waals surface area contributed by atoms with E-state index in [0.29, 0.717) is 16.5 Å². The molecule has 0 saturated carbocycles. The molecule has 0 fully saturated rings. The lowest BCUT2D eigenvalue weighted by molar-refractivity contribution is -0.136. The average Bonchev–Trinajstić information content (AvgIpc) is 2.82. The van der Waals surface area contributed by atoms with Gasteiger partial charge in [-0.2, -0.15) is 5.10 Å². The van der Waals surface area contributed by atoms with E-state index < -0.39 is 5.97 Å². The van der Waals surface area contributed by atoms with E-state index in [1.165, 1.54) is 10.6 Å². The number of benzene rings is 1. The van der Waals surface area contributed by atoms with Crippen LogP contribution >= 0.6 is 11.6 Å². The lowest BCUT2D eigenvalue weighted by Crippen LogP contribution is -2.04. The molecule has 0 bridgehead atoms. The van der Waals surface area contributed by atoms with Crippen LogP contribution in [0.3, 0.4) is 0 Å². The van der Waals surface area contributed by atoms with Gasteiger partial charge in [-0.05, 0) is 18.6 Å². The molecule has 0 saturated heterocycles. The van der Waals surface area contributed by atoms with Gasteiger partial charge in [0.05, 0.1) is 17.8 Å². The fraction of sp³-hybridized carbons (Fsp3) is 0.133. The lowest BCUT2D eigenvalue weighted by Gasteiger charge is -2.01. The number of hydrogen-bond acceptors (Lipinski definition) is 3. The molecule has 0 aliphatic carbocycles. The number of fused-ring (bicyclic) bond motifs is 1. The molecule has 6 heteroatoms. The van der Waals surface area contributed by atoms with Crippen LogP contribution in [0.1, 0.15) is 11.3 Å². The van der Waals surface area contributed by atoms with Gasteiger partial charge in [0.1, 0.15) is 5.15 Å². The Hall–Kier alpha value is -2.40. The van der Waals surface area contributed by atoms with Gasteiger partial charge in [-0.25, -0.2) is 9.50 Å². The number of halogens is 1. The summed E-state index contributed by atoms with van der Waals surface area (Å²) in [6, 6.07) is 11.2. The molecule has 0 radical (unpaired) electrons. The molecular formula is C15H12ClN3O2. The summed E-state index contributed by atoms with van der Waals surface area (Å²) in [5.74, 6) is -0.943. The number of hydrogen-bond donors (Lipinski definition) is 1. The highest BCUT2D eigenvalue weighted by molar-refractivity contribution is 6.29. The van der Waals surface area contributed by atoms with E-state index in [0.717, 1.165) is 16.8 Å². The summed E-state index contributed by atoms with van der Waals surface area (Å²) in [4.78, 5) is 15.1. The Morgan fingerprint density at radius 2 is 2.10 bits per heavy atom. The van der Waals surface area contributed by atoms with E-state index in [4.69, 9.17) is 16.7 Å². The highest BCUT2D eigenvalue weighted by Crippen LogP contribution is 2.24. The monoisotopic (exact) mass is 301 g/mol. The second-order valence-corrected chi connectivity index (χ2v) is 5.14. The molecule has 106 valence electrons. The molecule has 0 atom stereocenters. The number of aliphatic carboxylic acids is 1. The van der Waals surface area contributed by atoms with Gasteiger partial charge in [-0.15, -0.1) is 0 Å². The maximum atomic E-state index is 10.8. The molecule has 2 aromatic heterocycles. The van der Waals surface area contributed by atoms with E-state index in [2.05, 4.69) is 10.1 Å². The summed E-state index contributed by atoms with van der Waals surface area (Å²) >= 11 is 6.15. The summed E-state index contributed by atoms with van der Waals surface area (Å²) in [6.45, 7) is 2.00. The number of aromatic nitrogens is 3.